The number of rotatable bonds is 8. The molecule has 0 amide bonds. The molecule has 2 nitrogen and oxygen atoms in total. The van der Waals surface area contributed by atoms with Crippen LogP contribution < -0.4 is 4.90 Å². The Bertz CT molecular complexity index is 2930. The van der Waals surface area contributed by atoms with Gasteiger partial charge in [-0.2, -0.15) is 0 Å². The summed E-state index contributed by atoms with van der Waals surface area (Å²) in [5.41, 5.74) is 13.9. The number of hydrogen-bond acceptors (Lipinski definition) is 1. The second kappa shape index (κ2) is 14.4. The van der Waals surface area contributed by atoms with Crippen molar-refractivity contribution in [1.82, 2.24) is 4.57 Å². The molecule has 56 heavy (non-hydrogen) atoms. The smallest absolute Gasteiger partial charge is 0.0542 e. The van der Waals surface area contributed by atoms with E-state index in [1.165, 1.54) is 60.4 Å². The van der Waals surface area contributed by atoms with Crippen LogP contribution in [0.4, 0.5) is 17.1 Å². The Morgan fingerprint density at radius 1 is 0.321 bits per heavy atom. The lowest BCUT2D eigenvalue weighted by Crippen LogP contribution is -2.10. The predicted molar refractivity (Wildman–Crippen MR) is 237 cm³/mol. The average molecular weight is 715 g/mol. The Kier molecular flexibility index (Phi) is 8.55. The van der Waals surface area contributed by atoms with Crippen LogP contribution in [0.15, 0.2) is 231 Å². The third-order valence-corrected chi connectivity index (χ3v) is 10.8. The van der Waals surface area contributed by atoms with Crippen LogP contribution in [-0.2, 0) is 0 Å². The highest BCUT2D eigenvalue weighted by molar-refractivity contribution is 6.11. The first-order chi connectivity index (χ1) is 27.8. The van der Waals surface area contributed by atoms with Gasteiger partial charge in [0.15, 0.2) is 0 Å². The zero-order chi connectivity index (χ0) is 37.3. The summed E-state index contributed by atoms with van der Waals surface area (Å²) in [4.78, 5) is 2.42. The molecule has 2 heteroatoms. The molecule has 10 aromatic rings. The van der Waals surface area contributed by atoms with Crippen molar-refractivity contribution in [3.05, 3.63) is 253 Å². The van der Waals surface area contributed by atoms with Gasteiger partial charge in [-0.05, 0) is 93.4 Å². The molecule has 0 saturated carbocycles. The first-order valence-corrected chi connectivity index (χ1v) is 19.2. The molecule has 0 N–H and O–H groups in total. The number of hydrogen-bond donors (Lipinski definition) is 0. The molecule has 10 rings (SSSR count). The van der Waals surface area contributed by atoms with Crippen LogP contribution in [0.25, 0.3) is 49.4 Å². The Morgan fingerprint density at radius 3 is 1.41 bits per heavy atom. The first kappa shape index (κ1) is 33.2. The summed E-state index contributed by atoms with van der Waals surface area (Å²) < 4.78 is 2.37. The summed E-state index contributed by atoms with van der Waals surface area (Å²) in [5.74, 6) is 0. The van der Waals surface area contributed by atoms with Gasteiger partial charge in [-0.3, -0.25) is 0 Å². The molecule has 9 aromatic carbocycles. The lowest BCUT2D eigenvalue weighted by Gasteiger charge is -2.27. The number of anilines is 3. The maximum atomic E-state index is 2.42. The normalized spacial score (nSPS) is 11.2. The maximum absolute atomic E-state index is 2.42. The minimum absolute atomic E-state index is 1.09. The van der Waals surface area contributed by atoms with E-state index < -0.39 is 0 Å². The molecule has 0 spiro atoms. The molecule has 0 unspecified atom stereocenters. The van der Waals surface area contributed by atoms with Crippen molar-refractivity contribution in [3.63, 3.8) is 0 Å². The second-order valence-corrected chi connectivity index (χ2v) is 14.1. The van der Waals surface area contributed by atoms with Gasteiger partial charge in [-0.15, -0.1) is 0 Å². The Balaban J connectivity index is 1.19. The van der Waals surface area contributed by atoms with Crippen LogP contribution in [0, 0.1) is 0 Å². The zero-order valence-corrected chi connectivity index (χ0v) is 30.8. The van der Waals surface area contributed by atoms with Crippen molar-refractivity contribution in [2.45, 2.75) is 0 Å². The van der Waals surface area contributed by atoms with E-state index in [9.17, 15) is 0 Å². The Labute approximate surface area is 327 Å². The topological polar surface area (TPSA) is 8.17 Å². The molecule has 264 valence electrons. The van der Waals surface area contributed by atoms with Gasteiger partial charge in [0, 0.05) is 33.2 Å². The summed E-state index contributed by atoms with van der Waals surface area (Å²) in [7, 11) is 0. The number of aromatic nitrogens is 1. The largest absolute Gasteiger partial charge is 0.310 e. The van der Waals surface area contributed by atoms with Crippen LogP contribution in [0.1, 0.15) is 22.3 Å². The van der Waals surface area contributed by atoms with E-state index in [1.807, 2.05) is 0 Å². The van der Waals surface area contributed by atoms with Gasteiger partial charge in [0.2, 0.25) is 0 Å². The van der Waals surface area contributed by atoms with Crippen molar-refractivity contribution in [2.24, 2.45) is 0 Å². The van der Waals surface area contributed by atoms with Gasteiger partial charge in [0.05, 0.1) is 16.7 Å². The van der Waals surface area contributed by atoms with E-state index in [0.29, 0.717) is 0 Å². The van der Waals surface area contributed by atoms with Crippen LogP contribution in [0.5, 0.6) is 0 Å². The van der Waals surface area contributed by atoms with Crippen molar-refractivity contribution >= 4 is 60.8 Å². The molecule has 0 fully saturated rings. The van der Waals surface area contributed by atoms with E-state index >= 15 is 0 Å². The standard InChI is InChI=1S/C54H38N2/c1-5-19-40(20-6-1)53(41-21-7-2-8-22-41)54(42-23-9-3-10-24-42)43-32-34-45(35-33-43)55(50-31-17-25-39-18-13-14-28-47(39)50)46-36-37-52-49(38-46)48-29-15-16-30-51(48)56(52)44-26-11-4-12-27-44/h1-38H. The molecule has 1 aromatic heterocycles. The number of fused-ring (bicyclic) bond motifs is 4. The summed E-state index contributed by atoms with van der Waals surface area (Å²) >= 11 is 0. The van der Waals surface area contributed by atoms with Crippen molar-refractivity contribution < 1.29 is 0 Å². The highest BCUT2D eigenvalue weighted by atomic mass is 15.1. The molecule has 0 atom stereocenters. The molecule has 0 aliphatic carbocycles. The van der Waals surface area contributed by atoms with E-state index in [1.54, 1.807) is 0 Å². The van der Waals surface area contributed by atoms with E-state index in [4.69, 9.17) is 0 Å². The van der Waals surface area contributed by atoms with Gasteiger partial charge < -0.3 is 9.47 Å². The fourth-order valence-corrected chi connectivity index (χ4v) is 8.29. The molecular weight excluding hydrogens is 677 g/mol. The molecule has 0 bridgehead atoms. The summed E-state index contributed by atoms with van der Waals surface area (Å²) in [6, 6.07) is 83.1. The highest BCUT2D eigenvalue weighted by Gasteiger charge is 2.21. The molecule has 1 heterocycles. The average Bonchev–Trinajstić information content (AvgIpc) is 3.61. The van der Waals surface area contributed by atoms with E-state index in [-0.39, 0.29) is 0 Å². The van der Waals surface area contributed by atoms with Crippen LogP contribution in [0.2, 0.25) is 0 Å². The van der Waals surface area contributed by atoms with Gasteiger partial charge in [-0.25, -0.2) is 0 Å². The lowest BCUT2D eigenvalue weighted by atomic mass is 9.86. The number of para-hydroxylation sites is 2. The summed E-state index contributed by atoms with van der Waals surface area (Å²) in [5, 5.41) is 4.85. The van der Waals surface area contributed by atoms with Gasteiger partial charge >= 0.3 is 0 Å². The molecule has 0 saturated heterocycles. The number of nitrogens with zero attached hydrogens (tertiary/aromatic N) is 2. The highest BCUT2D eigenvalue weighted by Crippen LogP contribution is 2.43. The van der Waals surface area contributed by atoms with Crippen molar-refractivity contribution in [1.29, 1.82) is 0 Å². The van der Waals surface area contributed by atoms with Crippen molar-refractivity contribution in [3.8, 4) is 5.69 Å². The lowest BCUT2D eigenvalue weighted by molar-refractivity contribution is 1.18. The van der Waals surface area contributed by atoms with E-state index in [2.05, 4.69) is 240 Å². The van der Waals surface area contributed by atoms with Crippen LogP contribution in [0.3, 0.4) is 0 Å². The fourth-order valence-electron chi connectivity index (χ4n) is 8.29. The molecular formula is C54H38N2. The summed E-state index contributed by atoms with van der Waals surface area (Å²) in [6.07, 6.45) is 0. The quantitative estimate of drug-likeness (QED) is 0.142. The van der Waals surface area contributed by atoms with Crippen LogP contribution in [-0.4, -0.2) is 4.57 Å². The fraction of sp³-hybridized carbons (Fsp3) is 0. The zero-order valence-electron chi connectivity index (χ0n) is 30.8. The van der Waals surface area contributed by atoms with Gasteiger partial charge in [0.1, 0.15) is 0 Å². The SMILES string of the molecule is c1ccc(C(=C(c2ccccc2)c2ccc(N(c3ccc4c(c3)c3ccccc3n4-c3ccccc3)c3cccc4ccccc34)cc2)c2ccccc2)cc1. The maximum Gasteiger partial charge on any atom is 0.0542 e. The molecule has 0 radical (unpaired) electrons. The first-order valence-electron chi connectivity index (χ1n) is 19.2. The van der Waals surface area contributed by atoms with Gasteiger partial charge in [-0.1, -0.05) is 176 Å². The minimum atomic E-state index is 1.09. The third-order valence-electron chi connectivity index (χ3n) is 10.8. The van der Waals surface area contributed by atoms with Crippen molar-refractivity contribution in [2.75, 3.05) is 4.90 Å². The predicted octanol–water partition coefficient (Wildman–Crippen LogP) is 14.4. The number of benzene rings is 9. The third kappa shape index (κ3) is 5.95. The monoisotopic (exact) mass is 714 g/mol. The molecule has 0 aliphatic rings. The minimum Gasteiger partial charge on any atom is -0.310 e. The van der Waals surface area contributed by atoms with E-state index in [0.717, 1.165) is 28.3 Å². The summed E-state index contributed by atoms with van der Waals surface area (Å²) in [6.45, 7) is 0. The van der Waals surface area contributed by atoms with Crippen LogP contribution >= 0.6 is 0 Å². The van der Waals surface area contributed by atoms with Gasteiger partial charge in [0.25, 0.3) is 0 Å². The Morgan fingerprint density at radius 2 is 0.786 bits per heavy atom. The molecule has 0 aliphatic heterocycles. The second-order valence-electron chi connectivity index (χ2n) is 14.1. The Hall–Kier alpha value is -7.42.